The molecule has 1 aliphatic rings. The lowest BCUT2D eigenvalue weighted by atomic mass is 10.0. The second-order valence-corrected chi connectivity index (χ2v) is 5.88. The molecule has 0 aromatic carbocycles. The summed E-state index contributed by atoms with van der Waals surface area (Å²) >= 11 is 5.43. The molecule has 1 saturated heterocycles. The molecule has 16 heavy (non-hydrogen) atoms. The fourth-order valence-corrected chi connectivity index (χ4v) is 3.25. The maximum atomic E-state index is 5.69. The van der Waals surface area contributed by atoms with Gasteiger partial charge < -0.3 is 11.1 Å². The standard InChI is InChI=1S/C10H15BrN4S/c11-8-9(12)14-6-15-10(8)13-5-7-1-3-16-4-2-7/h6-7H,1-5H2,(H3,12,13,14,15). The summed E-state index contributed by atoms with van der Waals surface area (Å²) < 4.78 is 0.764. The Morgan fingerprint density at radius 3 is 2.94 bits per heavy atom. The van der Waals surface area contributed by atoms with Gasteiger partial charge in [0.25, 0.3) is 0 Å². The summed E-state index contributed by atoms with van der Waals surface area (Å²) in [7, 11) is 0. The van der Waals surface area contributed by atoms with Crippen LogP contribution in [0.5, 0.6) is 0 Å². The molecule has 0 radical (unpaired) electrons. The number of nitrogens with one attached hydrogen (secondary N) is 1. The molecule has 0 unspecified atom stereocenters. The minimum Gasteiger partial charge on any atom is -0.383 e. The largest absolute Gasteiger partial charge is 0.383 e. The summed E-state index contributed by atoms with van der Waals surface area (Å²) in [5, 5.41) is 3.34. The zero-order chi connectivity index (χ0) is 11.4. The molecular weight excluding hydrogens is 288 g/mol. The molecule has 3 N–H and O–H groups in total. The van der Waals surface area contributed by atoms with Gasteiger partial charge in [0.1, 0.15) is 22.4 Å². The lowest BCUT2D eigenvalue weighted by Gasteiger charge is -2.22. The van der Waals surface area contributed by atoms with Gasteiger partial charge in [-0.25, -0.2) is 9.97 Å². The van der Waals surface area contributed by atoms with Crippen molar-refractivity contribution in [3.05, 3.63) is 10.8 Å². The van der Waals surface area contributed by atoms with Crippen molar-refractivity contribution in [2.75, 3.05) is 29.1 Å². The zero-order valence-corrected chi connectivity index (χ0v) is 11.4. The van der Waals surface area contributed by atoms with Crippen molar-refractivity contribution in [2.45, 2.75) is 12.8 Å². The van der Waals surface area contributed by atoms with Crippen LogP contribution in [0.15, 0.2) is 10.8 Å². The third kappa shape index (κ3) is 3.01. The number of aromatic nitrogens is 2. The van der Waals surface area contributed by atoms with Crippen molar-refractivity contribution >= 4 is 39.3 Å². The molecule has 2 rings (SSSR count). The van der Waals surface area contributed by atoms with Gasteiger partial charge in [0, 0.05) is 6.54 Å². The van der Waals surface area contributed by atoms with Crippen LogP contribution in [0.3, 0.4) is 0 Å². The SMILES string of the molecule is Nc1ncnc(NCC2CCSCC2)c1Br. The lowest BCUT2D eigenvalue weighted by molar-refractivity contribution is 0.515. The van der Waals surface area contributed by atoms with Crippen molar-refractivity contribution in [2.24, 2.45) is 5.92 Å². The second kappa shape index (κ2) is 5.72. The third-order valence-corrected chi connectivity index (χ3v) is 4.55. The molecule has 2 heterocycles. The van der Waals surface area contributed by atoms with Crippen molar-refractivity contribution in [1.82, 2.24) is 9.97 Å². The van der Waals surface area contributed by atoms with Crippen molar-refractivity contribution in [1.29, 1.82) is 0 Å². The first-order chi connectivity index (χ1) is 7.77. The molecule has 0 saturated carbocycles. The Balaban J connectivity index is 1.91. The summed E-state index contributed by atoms with van der Waals surface area (Å²) in [6.07, 6.45) is 4.06. The molecule has 0 amide bonds. The van der Waals surface area contributed by atoms with Gasteiger partial charge in [0.05, 0.1) is 0 Å². The quantitative estimate of drug-likeness (QED) is 0.897. The number of halogens is 1. The Kier molecular flexibility index (Phi) is 4.29. The number of nitrogens with zero attached hydrogens (tertiary/aromatic N) is 2. The van der Waals surface area contributed by atoms with Crippen LogP contribution in [0.4, 0.5) is 11.6 Å². The van der Waals surface area contributed by atoms with Crippen LogP contribution in [0, 0.1) is 5.92 Å². The van der Waals surface area contributed by atoms with Crippen molar-refractivity contribution < 1.29 is 0 Å². The first-order valence-electron chi connectivity index (χ1n) is 5.35. The summed E-state index contributed by atoms with van der Waals surface area (Å²) in [6.45, 7) is 0.968. The number of nitrogen functional groups attached to an aromatic ring is 1. The fourth-order valence-electron chi connectivity index (χ4n) is 1.70. The Bertz CT molecular complexity index is 355. The highest BCUT2D eigenvalue weighted by Crippen LogP contribution is 2.26. The van der Waals surface area contributed by atoms with E-state index in [-0.39, 0.29) is 0 Å². The maximum absolute atomic E-state index is 5.69. The van der Waals surface area contributed by atoms with Crippen LogP contribution in [0.2, 0.25) is 0 Å². The predicted octanol–water partition coefficient (Wildman–Crippen LogP) is 2.38. The zero-order valence-electron chi connectivity index (χ0n) is 8.95. The number of thioether (sulfide) groups is 1. The van der Waals surface area contributed by atoms with Crippen molar-refractivity contribution in [3.8, 4) is 0 Å². The Labute approximate surface area is 108 Å². The van der Waals surface area contributed by atoms with Gasteiger partial charge in [0.2, 0.25) is 0 Å². The fraction of sp³-hybridized carbons (Fsp3) is 0.600. The summed E-state index contributed by atoms with van der Waals surface area (Å²) in [5.74, 6) is 4.59. The summed E-state index contributed by atoms with van der Waals surface area (Å²) in [6, 6.07) is 0. The first-order valence-corrected chi connectivity index (χ1v) is 7.29. The highest BCUT2D eigenvalue weighted by Gasteiger charge is 2.14. The van der Waals surface area contributed by atoms with Gasteiger partial charge in [-0.05, 0) is 46.2 Å². The number of anilines is 2. The first kappa shape index (κ1) is 12.0. The van der Waals surface area contributed by atoms with Gasteiger partial charge in [-0.3, -0.25) is 0 Å². The molecule has 0 aliphatic carbocycles. The van der Waals surface area contributed by atoms with E-state index in [0.717, 1.165) is 22.8 Å². The number of nitrogens with two attached hydrogens (primary N) is 1. The average molecular weight is 303 g/mol. The highest BCUT2D eigenvalue weighted by atomic mass is 79.9. The normalized spacial score (nSPS) is 17.3. The van der Waals surface area contributed by atoms with Crippen LogP contribution < -0.4 is 11.1 Å². The molecule has 0 spiro atoms. The van der Waals surface area contributed by atoms with Gasteiger partial charge >= 0.3 is 0 Å². The van der Waals surface area contributed by atoms with Crippen molar-refractivity contribution in [3.63, 3.8) is 0 Å². The minimum absolute atomic E-state index is 0.483. The summed E-state index contributed by atoms with van der Waals surface area (Å²) in [5.41, 5.74) is 5.69. The monoisotopic (exact) mass is 302 g/mol. The van der Waals surface area contributed by atoms with Gasteiger partial charge in [-0.15, -0.1) is 0 Å². The topological polar surface area (TPSA) is 63.8 Å². The van der Waals surface area contributed by atoms with E-state index >= 15 is 0 Å². The molecule has 0 bridgehead atoms. The highest BCUT2D eigenvalue weighted by molar-refractivity contribution is 9.10. The maximum Gasteiger partial charge on any atom is 0.145 e. The van der Waals surface area contributed by atoms with Gasteiger partial charge in [0.15, 0.2) is 0 Å². The van der Waals surface area contributed by atoms with E-state index in [1.165, 1.54) is 30.7 Å². The van der Waals surface area contributed by atoms with E-state index in [0.29, 0.717) is 5.82 Å². The van der Waals surface area contributed by atoms with E-state index in [4.69, 9.17) is 5.73 Å². The van der Waals surface area contributed by atoms with Gasteiger partial charge in [-0.2, -0.15) is 11.8 Å². The van der Waals surface area contributed by atoms with Gasteiger partial charge in [-0.1, -0.05) is 0 Å². The van der Waals surface area contributed by atoms with Crippen LogP contribution in [-0.4, -0.2) is 28.0 Å². The Morgan fingerprint density at radius 2 is 2.19 bits per heavy atom. The predicted molar refractivity (Wildman–Crippen MR) is 72.7 cm³/mol. The van der Waals surface area contributed by atoms with Crippen LogP contribution in [0.1, 0.15) is 12.8 Å². The molecule has 0 atom stereocenters. The number of hydrogen-bond donors (Lipinski definition) is 2. The average Bonchev–Trinajstić information content (AvgIpc) is 2.32. The molecule has 4 nitrogen and oxygen atoms in total. The van der Waals surface area contributed by atoms with Crippen LogP contribution >= 0.6 is 27.7 Å². The molecule has 1 aromatic rings. The third-order valence-electron chi connectivity index (χ3n) is 2.72. The lowest BCUT2D eigenvalue weighted by Crippen LogP contribution is -2.20. The Hall–Kier alpha value is -0.490. The molecule has 1 fully saturated rings. The molecule has 6 heteroatoms. The van der Waals surface area contributed by atoms with E-state index < -0.39 is 0 Å². The van der Waals surface area contributed by atoms with E-state index in [1.807, 2.05) is 11.8 Å². The molecular formula is C10H15BrN4S. The van der Waals surface area contributed by atoms with E-state index in [1.54, 1.807) is 0 Å². The number of rotatable bonds is 3. The molecule has 88 valence electrons. The van der Waals surface area contributed by atoms with E-state index in [2.05, 4.69) is 31.2 Å². The second-order valence-electron chi connectivity index (χ2n) is 3.86. The van der Waals surface area contributed by atoms with E-state index in [9.17, 15) is 0 Å². The Morgan fingerprint density at radius 1 is 1.44 bits per heavy atom. The smallest absolute Gasteiger partial charge is 0.145 e. The minimum atomic E-state index is 0.483. The molecule has 1 aliphatic heterocycles. The summed E-state index contributed by atoms with van der Waals surface area (Å²) in [4.78, 5) is 8.08. The van der Waals surface area contributed by atoms with Crippen LogP contribution in [0.25, 0.3) is 0 Å². The number of hydrogen-bond acceptors (Lipinski definition) is 5. The van der Waals surface area contributed by atoms with Crippen LogP contribution in [-0.2, 0) is 0 Å². The molecule has 1 aromatic heterocycles.